The second-order valence-corrected chi connectivity index (χ2v) is 7.15. The fraction of sp³-hybridized carbons (Fsp3) is 0.412. The number of hydrogen-bond acceptors (Lipinski definition) is 5. The molecule has 3 rings (SSSR count). The van der Waals surface area contributed by atoms with Crippen molar-refractivity contribution >= 4 is 28.2 Å². The molecule has 2 atom stereocenters. The Kier molecular flexibility index (Phi) is 4.73. The number of anilines is 1. The Morgan fingerprint density at radius 1 is 1.50 bits per heavy atom. The predicted octanol–water partition coefficient (Wildman–Crippen LogP) is 2.74. The van der Waals surface area contributed by atoms with E-state index in [-0.39, 0.29) is 23.5 Å². The van der Waals surface area contributed by atoms with Crippen molar-refractivity contribution in [3.63, 3.8) is 0 Å². The van der Waals surface area contributed by atoms with Crippen LogP contribution in [0.5, 0.6) is 0 Å². The number of aliphatic hydroxyl groups excluding tert-OH is 1. The largest absolute Gasteiger partial charge is 0.459 e. The molecule has 1 fully saturated rings. The lowest BCUT2D eigenvalue weighted by molar-refractivity contribution is 0.0766. The number of amides is 2. The number of thiophene rings is 1. The Bertz CT molecular complexity index is 736. The van der Waals surface area contributed by atoms with Crippen LogP contribution in [0, 0.1) is 12.8 Å². The molecule has 0 bridgehead atoms. The first-order chi connectivity index (χ1) is 11.5. The molecule has 0 spiro atoms. The Labute approximate surface area is 144 Å². The van der Waals surface area contributed by atoms with E-state index in [1.807, 2.05) is 6.92 Å². The van der Waals surface area contributed by atoms with Crippen molar-refractivity contribution in [2.75, 3.05) is 18.4 Å². The molecule has 0 saturated carbocycles. The van der Waals surface area contributed by atoms with Crippen LogP contribution in [0.1, 0.15) is 39.1 Å². The maximum Gasteiger partial charge on any atom is 0.291 e. The van der Waals surface area contributed by atoms with E-state index < -0.39 is 6.10 Å². The zero-order chi connectivity index (χ0) is 17.3. The van der Waals surface area contributed by atoms with Crippen LogP contribution < -0.4 is 5.32 Å². The van der Waals surface area contributed by atoms with Gasteiger partial charge in [0.1, 0.15) is 0 Å². The lowest BCUT2D eigenvalue weighted by atomic mass is 10.0. The number of nitrogens with one attached hydrogen (secondary N) is 1. The minimum atomic E-state index is -0.407. The molecule has 7 heteroatoms. The maximum atomic E-state index is 12.7. The molecule has 1 saturated heterocycles. The highest BCUT2D eigenvalue weighted by atomic mass is 32.1. The van der Waals surface area contributed by atoms with Crippen molar-refractivity contribution in [1.82, 2.24) is 4.90 Å². The van der Waals surface area contributed by atoms with E-state index in [2.05, 4.69) is 5.32 Å². The maximum absolute atomic E-state index is 12.7. The third-order valence-electron chi connectivity index (χ3n) is 4.29. The highest BCUT2D eigenvalue weighted by Gasteiger charge is 2.31. The van der Waals surface area contributed by atoms with Crippen LogP contribution in [0.25, 0.3) is 0 Å². The average Bonchev–Trinajstić information content (AvgIpc) is 3.27. The van der Waals surface area contributed by atoms with Gasteiger partial charge in [-0.15, -0.1) is 11.3 Å². The van der Waals surface area contributed by atoms with Crippen LogP contribution in [0.2, 0.25) is 0 Å². The summed E-state index contributed by atoms with van der Waals surface area (Å²) < 4.78 is 5.06. The molecule has 0 aromatic carbocycles. The molecule has 2 unspecified atom stereocenters. The molecule has 1 aliphatic rings. The SMILES string of the molecule is Cc1cc(NC(=O)c2ccco2)sc1C(=O)N1CCC(C(C)O)C1. The highest BCUT2D eigenvalue weighted by molar-refractivity contribution is 7.18. The minimum absolute atomic E-state index is 0.0425. The summed E-state index contributed by atoms with van der Waals surface area (Å²) in [4.78, 5) is 27.1. The van der Waals surface area contributed by atoms with Gasteiger partial charge in [-0.05, 0) is 44.0 Å². The van der Waals surface area contributed by atoms with E-state index in [4.69, 9.17) is 4.42 Å². The van der Waals surface area contributed by atoms with E-state index in [1.54, 1.807) is 30.0 Å². The van der Waals surface area contributed by atoms with Gasteiger partial charge in [0.2, 0.25) is 0 Å². The molecule has 128 valence electrons. The van der Waals surface area contributed by atoms with E-state index >= 15 is 0 Å². The number of nitrogens with zero attached hydrogens (tertiary/aromatic N) is 1. The van der Waals surface area contributed by atoms with Gasteiger partial charge >= 0.3 is 0 Å². The van der Waals surface area contributed by atoms with Crippen LogP contribution in [-0.2, 0) is 0 Å². The number of hydrogen-bond donors (Lipinski definition) is 2. The van der Waals surface area contributed by atoms with Crippen LogP contribution >= 0.6 is 11.3 Å². The molecule has 3 heterocycles. The van der Waals surface area contributed by atoms with Crippen LogP contribution in [-0.4, -0.2) is 41.0 Å². The molecular formula is C17H20N2O4S. The third-order valence-corrected chi connectivity index (χ3v) is 5.43. The van der Waals surface area contributed by atoms with Crippen molar-refractivity contribution in [2.45, 2.75) is 26.4 Å². The number of aryl methyl sites for hydroxylation is 1. The van der Waals surface area contributed by atoms with Gasteiger partial charge in [-0.25, -0.2) is 0 Å². The zero-order valence-electron chi connectivity index (χ0n) is 13.6. The van der Waals surface area contributed by atoms with Crippen molar-refractivity contribution in [3.05, 3.63) is 40.7 Å². The third kappa shape index (κ3) is 3.37. The summed E-state index contributed by atoms with van der Waals surface area (Å²) in [6, 6.07) is 5.03. The normalized spacial score (nSPS) is 18.6. The monoisotopic (exact) mass is 348 g/mol. The van der Waals surface area contributed by atoms with Gasteiger partial charge in [-0.1, -0.05) is 0 Å². The fourth-order valence-electron chi connectivity index (χ4n) is 2.85. The molecule has 2 aromatic rings. The Balaban J connectivity index is 1.70. The summed E-state index contributed by atoms with van der Waals surface area (Å²) in [5.41, 5.74) is 0.834. The predicted molar refractivity (Wildman–Crippen MR) is 91.4 cm³/mol. The Hall–Kier alpha value is -2.12. The standard InChI is InChI=1S/C17H20N2O4S/c1-10-8-14(18-16(21)13-4-3-7-23-13)24-15(10)17(22)19-6-5-12(9-19)11(2)20/h3-4,7-8,11-12,20H,5-6,9H2,1-2H3,(H,18,21). The second-order valence-electron chi connectivity index (χ2n) is 6.09. The minimum Gasteiger partial charge on any atom is -0.459 e. The van der Waals surface area contributed by atoms with Crippen LogP contribution in [0.4, 0.5) is 5.00 Å². The molecule has 2 N–H and O–H groups in total. The van der Waals surface area contributed by atoms with Gasteiger partial charge in [0.05, 0.1) is 22.2 Å². The van der Waals surface area contributed by atoms with Crippen molar-refractivity contribution in [3.8, 4) is 0 Å². The second kappa shape index (κ2) is 6.78. The molecular weight excluding hydrogens is 328 g/mol. The first-order valence-corrected chi connectivity index (χ1v) is 8.70. The quantitative estimate of drug-likeness (QED) is 0.890. The van der Waals surface area contributed by atoms with E-state index in [0.29, 0.717) is 23.0 Å². The number of likely N-dealkylation sites (tertiary alicyclic amines) is 1. The Morgan fingerprint density at radius 3 is 2.92 bits per heavy atom. The summed E-state index contributed by atoms with van der Waals surface area (Å²) in [6.07, 6.45) is 1.85. The van der Waals surface area contributed by atoms with E-state index in [9.17, 15) is 14.7 Å². The van der Waals surface area contributed by atoms with Crippen molar-refractivity contribution < 1.29 is 19.1 Å². The summed E-state index contributed by atoms with van der Waals surface area (Å²) in [6.45, 7) is 4.84. The number of aliphatic hydroxyl groups is 1. The van der Waals surface area contributed by atoms with Gasteiger partial charge in [0, 0.05) is 19.0 Å². The van der Waals surface area contributed by atoms with Crippen LogP contribution in [0.15, 0.2) is 28.9 Å². The highest BCUT2D eigenvalue weighted by Crippen LogP contribution is 2.30. The Morgan fingerprint density at radius 2 is 2.29 bits per heavy atom. The van der Waals surface area contributed by atoms with Gasteiger partial charge in [-0.2, -0.15) is 0 Å². The van der Waals surface area contributed by atoms with Crippen LogP contribution in [0.3, 0.4) is 0 Å². The molecule has 6 nitrogen and oxygen atoms in total. The van der Waals surface area contributed by atoms with Gasteiger partial charge in [-0.3, -0.25) is 9.59 Å². The van der Waals surface area contributed by atoms with Gasteiger partial charge < -0.3 is 19.7 Å². The average molecular weight is 348 g/mol. The van der Waals surface area contributed by atoms with Gasteiger partial charge in [0.25, 0.3) is 11.8 Å². The molecule has 1 aliphatic heterocycles. The summed E-state index contributed by atoms with van der Waals surface area (Å²) in [7, 11) is 0. The summed E-state index contributed by atoms with van der Waals surface area (Å²) >= 11 is 1.26. The fourth-order valence-corrected chi connectivity index (χ4v) is 3.88. The smallest absolute Gasteiger partial charge is 0.291 e. The van der Waals surface area contributed by atoms with E-state index in [1.165, 1.54) is 17.6 Å². The lowest BCUT2D eigenvalue weighted by Crippen LogP contribution is -2.30. The zero-order valence-corrected chi connectivity index (χ0v) is 14.4. The number of rotatable bonds is 4. The topological polar surface area (TPSA) is 82.8 Å². The molecule has 0 aliphatic carbocycles. The molecule has 0 radical (unpaired) electrons. The first-order valence-electron chi connectivity index (χ1n) is 7.88. The number of carbonyl (C=O) groups is 2. The molecule has 2 aromatic heterocycles. The van der Waals surface area contributed by atoms with Gasteiger partial charge in [0.15, 0.2) is 5.76 Å². The molecule has 2 amide bonds. The van der Waals surface area contributed by atoms with Crippen molar-refractivity contribution in [2.24, 2.45) is 5.92 Å². The number of furan rings is 1. The van der Waals surface area contributed by atoms with Crippen molar-refractivity contribution in [1.29, 1.82) is 0 Å². The molecule has 24 heavy (non-hydrogen) atoms. The lowest BCUT2D eigenvalue weighted by Gasteiger charge is -2.17. The van der Waals surface area contributed by atoms with E-state index in [0.717, 1.165) is 12.0 Å². The first kappa shape index (κ1) is 16.7. The summed E-state index contributed by atoms with van der Waals surface area (Å²) in [5.74, 6) is -0.0182. The summed E-state index contributed by atoms with van der Waals surface area (Å²) in [5, 5.41) is 13.0. The number of carbonyl (C=O) groups excluding carboxylic acids is 2.